The van der Waals surface area contributed by atoms with Crippen LogP contribution in [-0.2, 0) is 14.3 Å². The summed E-state index contributed by atoms with van der Waals surface area (Å²) in [4.78, 5) is 25.6. The van der Waals surface area contributed by atoms with E-state index in [1.165, 1.54) is 45.6 Å². The van der Waals surface area contributed by atoms with Crippen molar-refractivity contribution < 1.29 is 14.3 Å². The fourth-order valence-corrected chi connectivity index (χ4v) is 10.2. The Bertz CT molecular complexity index is 830. The predicted octanol–water partition coefficient (Wildman–Crippen LogP) is 7.61. The normalized spacial score (nSPS) is 51.0. The lowest BCUT2D eigenvalue weighted by Crippen LogP contribution is -2.67. The first kappa shape index (κ1) is 25.2. The number of hydrogen-bond donors (Lipinski definition) is 0. The molecule has 188 valence electrons. The molecule has 8 atom stereocenters. The van der Waals surface area contributed by atoms with Crippen LogP contribution in [0.2, 0.25) is 0 Å². The Morgan fingerprint density at radius 3 is 1.97 bits per heavy atom. The molecule has 4 saturated carbocycles. The number of esters is 1. The minimum Gasteiger partial charge on any atom is -0.469 e. The van der Waals surface area contributed by atoms with Crippen molar-refractivity contribution in [2.75, 3.05) is 7.11 Å². The lowest BCUT2D eigenvalue weighted by molar-refractivity contribution is -0.249. The third-order valence-electron chi connectivity index (χ3n) is 12.9. The van der Waals surface area contributed by atoms with E-state index in [9.17, 15) is 9.59 Å². The standard InChI is InChI=1S/C30H50O3/c1-20(31)27(5)11-10-21-28(6,22(27)18-24(32)33-9)15-17-30(8)23-19-25(2,3)12-13-26(23,4)14-16-29(21,30)7/h21-23H,10-19H2,1-9H3/t21-,22+,23+,26+,27+,28+,29+,30-/m0/s1. The number of hydrogen-bond acceptors (Lipinski definition) is 3. The zero-order valence-corrected chi connectivity index (χ0v) is 23.0. The first-order valence-corrected chi connectivity index (χ1v) is 13.7. The number of carbonyl (C=O) groups excluding carboxylic acids is 2. The number of Topliss-reactive ketones (excluding diaryl/α,β-unsaturated/α-hetero) is 1. The van der Waals surface area contributed by atoms with Gasteiger partial charge in [-0.2, -0.15) is 0 Å². The molecule has 0 N–H and O–H groups in total. The van der Waals surface area contributed by atoms with Crippen molar-refractivity contribution in [3.8, 4) is 0 Å². The molecule has 0 spiro atoms. The molecule has 3 nitrogen and oxygen atoms in total. The Hall–Kier alpha value is -0.860. The topological polar surface area (TPSA) is 43.4 Å². The second kappa shape index (κ2) is 7.57. The van der Waals surface area contributed by atoms with Crippen molar-refractivity contribution in [3.05, 3.63) is 0 Å². The summed E-state index contributed by atoms with van der Waals surface area (Å²) < 4.78 is 5.16. The van der Waals surface area contributed by atoms with Crippen molar-refractivity contribution in [1.29, 1.82) is 0 Å². The maximum Gasteiger partial charge on any atom is 0.305 e. The molecule has 0 aliphatic heterocycles. The van der Waals surface area contributed by atoms with Gasteiger partial charge in [0.15, 0.2) is 0 Å². The summed E-state index contributed by atoms with van der Waals surface area (Å²) in [6.07, 6.45) is 11.4. The third-order valence-corrected chi connectivity index (χ3v) is 12.9. The van der Waals surface area contributed by atoms with Gasteiger partial charge in [-0.1, -0.05) is 48.5 Å². The van der Waals surface area contributed by atoms with Gasteiger partial charge in [0.25, 0.3) is 0 Å². The first-order chi connectivity index (χ1) is 15.1. The Morgan fingerprint density at radius 1 is 0.788 bits per heavy atom. The van der Waals surface area contributed by atoms with Gasteiger partial charge < -0.3 is 4.74 Å². The van der Waals surface area contributed by atoms with Crippen molar-refractivity contribution in [1.82, 2.24) is 0 Å². The van der Waals surface area contributed by atoms with Crippen molar-refractivity contribution in [2.45, 2.75) is 120 Å². The van der Waals surface area contributed by atoms with Crippen LogP contribution in [0.5, 0.6) is 0 Å². The Balaban J connectivity index is 1.78. The number of rotatable bonds is 3. The van der Waals surface area contributed by atoms with Crippen LogP contribution < -0.4 is 0 Å². The lowest BCUT2D eigenvalue weighted by atomic mass is 9.31. The van der Waals surface area contributed by atoms with E-state index in [0.29, 0.717) is 28.6 Å². The molecule has 33 heavy (non-hydrogen) atoms. The molecule has 4 aliphatic rings. The average molecular weight is 459 g/mol. The van der Waals surface area contributed by atoms with Crippen molar-refractivity contribution >= 4 is 11.8 Å². The molecule has 4 rings (SSSR count). The number of ketones is 1. The Labute approximate surface area is 203 Å². The van der Waals surface area contributed by atoms with Gasteiger partial charge in [-0.25, -0.2) is 0 Å². The quantitative estimate of drug-likeness (QED) is 0.409. The van der Waals surface area contributed by atoms with E-state index in [1.54, 1.807) is 6.92 Å². The summed E-state index contributed by atoms with van der Waals surface area (Å²) in [7, 11) is 1.49. The van der Waals surface area contributed by atoms with Crippen LogP contribution in [0.3, 0.4) is 0 Å². The third kappa shape index (κ3) is 3.40. The van der Waals surface area contributed by atoms with E-state index in [1.807, 2.05) is 0 Å². The minimum atomic E-state index is -0.431. The van der Waals surface area contributed by atoms with Gasteiger partial charge in [0, 0.05) is 11.8 Å². The molecule has 0 aromatic heterocycles. The summed E-state index contributed by atoms with van der Waals surface area (Å²) in [6.45, 7) is 19.2. The molecular weight excluding hydrogens is 408 g/mol. The monoisotopic (exact) mass is 458 g/mol. The summed E-state index contributed by atoms with van der Waals surface area (Å²) in [5, 5.41) is 0. The maximum absolute atomic E-state index is 13.0. The fraction of sp³-hybridized carbons (Fsp3) is 0.933. The summed E-state index contributed by atoms with van der Waals surface area (Å²) in [6, 6.07) is 0. The van der Waals surface area contributed by atoms with Gasteiger partial charge in [0.05, 0.1) is 7.11 Å². The minimum absolute atomic E-state index is 0.000946. The molecule has 0 saturated heterocycles. The predicted molar refractivity (Wildman–Crippen MR) is 134 cm³/mol. The molecule has 0 bridgehead atoms. The molecule has 3 heteroatoms. The highest BCUT2D eigenvalue weighted by Gasteiger charge is 2.70. The lowest BCUT2D eigenvalue weighted by Gasteiger charge is -2.74. The second-order valence-corrected chi connectivity index (χ2v) is 14.8. The van der Waals surface area contributed by atoms with Crippen LogP contribution in [0.1, 0.15) is 120 Å². The highest BCUT2D eigenvalue weighted by molar-refractivity contribution is 5.83. The highest BCUT2D eigenvalue weighted by Crippen LogP contribution is 2.77. The second-order valence-electron chi connectivity index (χ2n) is 14.8. The molecule has 0 radical (unpaired) electrons. The molecule has 0 amide bonds. The Kier molecular flexibility index (Phi) is 5.79. The SMILES string of the molecule is COC(=O)C[C@H]1[C@]2(C)CC[C@@]3(C)[C@@H]4CC(C)(C)CC[C@]4(C)CC[C@]3(C)[C@H]2CC[C@]1(C)C(C)=O. The van der Waals surface area contributed by atoms with Gasteiger partial charge in [0.2, 0.25) is 0 Å². The zero-order valence-electron chi connectivity index (χ0n) is 23.0. The van der Waals surface area contributed by atoms with E-state index in [-0.39, 0.29) is 28.5 Å². The maximum atomic E-state index is 13.0. The number of carbonyl (C=O) groups is 2. The van der Waals surface area contributed by atoms with Gasteiger partial charge in [-0.15, -0.1) is 0 Å². The van der Waals surface area contributed by atoms with Crippen LogP contribution in [0.25, 0.3) is 0 Å². The smallest absolute Gasteiger partial charge is 0.305 e. The van der Waals surface area contributed by atoms with Gasteiger partial charge in [-0.3, -0.25) is 9.59 Å². The molecule has 0 heterocycles. The molecule has 0 unspecified atom stereocenters. The molecule has 4 fully saturated rings. The molecule has 0 aromatic carbocycles. The molecular formula is C30H50O3. The van der Waals surface area contributed by atoms with Crippen molar-refractivity contribution in [3.63, 3.8) is 0 Å². The molecule has 0 aromatic rings. The van der Waals surface area contributed by atoms with E-state index < -0.39 is 5.41 Å². The Morgan fingerprint density at radius 2 is 1.36 bits per heavy atom. The van der Waals surface area contributed by atoms with Crippen LogP contribution in [-0.4, -0.2) is 18.9 Å². The van der Waals surface area contributed by atoms with Gasteiger partial charge in [0.1, 0.15) is 5.78 Å². The highest BCUT2D eigenvalue weighted by atomic mass is 16.5. The first-order valence-electron chi connectivity index (χ1n) is 13.7. The van der Waals surface area contributed by atoms with E-state index in [2.05, 4.69) is 48.5 Å². The van der Waals surface area contributed by atoms with Crippen LogP contribution >= 0.6 is 0 Å². The summed E-state index contributed by atoms with van der Waals surface area (Å²) >= 11 is 0. The van der Waals surface area contributed by atoms with Gasteiger partial charge >= 0.3 is 5.97 Å². The summed E-state index contributed by atoms with van der Waals surface area (Å²) in [5.41, 5.74) is 1.04. The van der Waals surface area contributed by atoms with Crippen LogP contribution in [0, 0.1) is 50.2 Å². The van der Waals surface area contributed by atoms with E-state index in [4.69, 9.17) is 4.74 Å². The van der Waals surface area contributed by atoms with Crippen LogP contribution in [0.4, 0.5) is 0 Å². The number of ether oxygens (including phenoxy) is 1. The number of fused-ring (bicyclic) bond motifs is 5. The van der Waals surface area contributed by atoms with E-state index >= 15 is 0 Å². The fourth-order valence-electron chi connectivity index (χ4n) is 10.2. The number of methoxy groups -OCH3 is 1. The van der Waals surface area contributed by atoms with Gasteiger partial charge in [-0.05, 0) is 110 Å². The average Bonchev–Trinajstić information content (AvgIpc) is 2.73. The van der Waals surface area contributed by atoms with Crippen LogP contribution in [0.15, 0.2) is 0 Å². The largest absolute Gasteiger partial charge is 0.469 e. The molecule has 4 aliphatic carbocycles. The zero-order chi connectivity index (χ0) is 24.7. The summed E-state index contributed by atoms with van der Waals surface area (Å²) in [5.74, 6) is 1.47. The van der Waals surface area contributed by atoms with Crippen molar-refractivity contribution in [2.24, 2.45) is 50.2 Å². The van der Waals surface area contributed by atoms with E-state index in [0.717, 1.165) is 25.2 Å².